The molecule has 1 unspecified atom stereocenters. The number of hydrogen-bond acceptors (Lipinski definition) is 4. The highest BCUT2D eigenvalue weighted by Gasteiger charge is 2.38. The van der Waals surface area contributed by atoms with Gasteiger partial charge in [0.1, 0.15) is 12.6 Å². The van der Waals surface area contributed by atoms with Gasteiger partial charge in [-0.3, -0.25) is 0 Å². The topological polar surface area (TPSA) is 99.4 Å². The zero-order valence-corrected chi connectivity index (χ0v) is 14.6. The van der Waals surface area contributed by atoms with Gasteiger partial charge >= 0.3 is 12.1 Å². The molecule has 134 valence electrons. The van der Waals surface area contributed by atoms with Gasteiger partial charge in [0.2, 0.25) is 0 Å². The van der Waals surface area contributed by atoms with E-state index in [0.29, 0.717) is 11.1 Å². The quantitative estimate of drug-likeness (QED) is 0.831. The molecular formula is C20H20N2O4. The maximum Gasteiger partial charge on any atom is 0.408 e. The third-order valence-corrected chi connectivity index (χ3v) is 4.20. The van der Waals surface area contributed by atoms with Gasteiger partial charge in [-0.05, 0) is 23.3 Å². The predicted octanol–water partition coefficient (Wildman–Crippen LogP) is 3.22. The number of nitriles is 1. The molecule has 2 aromatic carbocycles. The molecule has 2 N–H and O–H groups in total. The van der Waals surface area contributed by atoms with E-state index < -0.39 is 23.5 Å². The van der Waals surface area contributed by atoms with E-state index in [1.165, 1.54) is 0 Å². The number of benzene rings is 2. The zero-order chi connectivity index (χ0) is 19.2. The Morgan fingerprint density at radius 1 is 1.15 bits per heavy atom. The Balaban J connectivity index is 2.10. The van der Waals surface area contributed by atoms with E-state index in [-0.39, 0.29) is 6.61 Å². The summed E-state index contributed by atoms with van der Waals surface area (Å²) in [4.78, 5) is 23.8. The Hall–Kier alpha value is -3.33. The van der Waals surface area contributed by atoms with E-state index in [1.54, 1.807) is 38.1 Å². The normalized spacial score (nSPS) is 11.9. The van der Waals surface area contributed by atoms with Crippen LogP contribution in [0, 0.1) is 11.3 Å². The summed E-state index contributed by atoms with van der Waals surface area (Å²) in [6.45, 7) is 3.48. The number of ether oxygens (including phenoxy) is 1. The number of aliphatic carboxylic acids is 1. The lowest BCUT2D eigenvalue weighted by Crippen LogP contribution is -2.52. The number of carboxylic acids is 1. The summed E-state index contributed by atoms with van der Waals surface area (Å²) in [5, 5.41) is 20.9. The third-order valence-electron chi connectivity index (χ3n) is 4.20. The van der Waals surface area contributed by atoms with Crippen molar-refractivity contribution in [2.75, 3.05) is 0 Å². The lowest BCUT2D eigenvalue weighted by Gasteiger charge is -2.32. The fourth-order valence-electron chi connectivity index (χ4n) is 2.57. The van der Waals surface area contributed by atoms with E-state index in [4.69, 9.17) is 10.00 Å². The molecule has 0 radical (unpaired) electrons. The average Bonchev–Trinajstić information content (AvgIpc) is 2.65. The van der Waals surface area contributed by atoms with Crippen molar-refractivity contribution in [3.63, 3.8) is 0 Å². The van der Waals surface area contributed by atoms with Crippen LogP contribution in [0.15, 0.2) is 54.6 Å². The molecule has 0 spiro atoms. The highest BCUT2D eigenvalue weighted by molar-refractivity contribution is 5.81. The van der Waals surface area contributed by atoms with Crippen LogP contribution in [0.25, 0.3) is 0 Å². The van der Waals surface area contributed by atoms with Gasteiger partial charge in [-0.1, -0.05) is 56.3 Å². The molecule has 0 saturated carbocycles. The van der Waals surface area contributed by atoms with E-state index in [1.807, 2.05) is 36.4 Å². The van der Waals surface area contributed by atoms with Gasteiger partial charge in [0.15, 0.2) is 0 Å². The van der Waals surface area contributed by atoms with Gasteiger partial charge in [0.25, 0.3) is 0 Å². The van der Waals surface area contributed by atoms with Gasteiger partial charge in [-0.15, -0.1) is 0 Å². The Morgan fingerprint density at radius 2 is 1.77 bits per heavy atom. The number of carbonyl (C=O) groups is 2. The second-order valence-electron chi connectivity index (χ2n) is 6.39. The largest absolute Gasteiger partial charge is 0.480 e. The van der Waals surface area contributed by atoms with Crippen LogP contribution in [-0.4, -0.2) is 23.2 Å². The summed E-state index contributed by atoms with van der Waals surface area (Å²) >= 11 is 0. The maximum absolute atomic E-state index is 12.1. The second-order valence-corrected chi connectivity index (χ2v) is 6.39. The van der Waals surface area contributed by atoms with E-state index in [2.05, 4.69) is 5.32 Å². The smallest absolute Gasteiger partial charge is 0.408 e. The Labute approximate surface area is 152 Å². The molecule has 0 aromatic heterocycles. The highest BCUT2D eigenvalue weighted by atomic mass is 16.5. The Bertz CT molecular complexity index is 808. The van der Waals surface area contributed by atoms with E-state index >= 15 is 0 Å². The van der Waals surface area contributed by atoms with Crippen molar-refractivity contribution < 1.29 is 19.4 Å². The minimum Gasteiger partial charge on any atom is -0.480 e. The first-order chi connectivity index (χ1) is 12.3. The molecule has 0 aliphatic rings. The summed E-state index contributed by atoms with van der Waals surface area (Å²) in [7, 11) is 0. The molecule has 6 nitrogen and oxygen atoms in total. The minimum absolute atomic E-state index is 0.0519. The van der Waals surface area contributed by atoms with Gasteiger partial charge in [-0.25, -0.2) is 9.59 Å². The molecule has 0 bridgehead atoms. The maximum atomic E-state index is 12.1. The average molecular weight is 352 g/mol. The first-order valence-corrected chi connectivity index (χ1v) is 8.05. The molecule has 0 fully saturated rings. The number of rotatable bonds is 6. The van der Waals surface area contributed by atoms with Crippen molar-refractivity contribution in [1.29, 1.82) is 5.26 Å². The molecule has 0 aliphatic heterocycles. The monoisotopic (exact) mass is 352 g/mol. The summed E-state index contributed by atoms with van der Waals surface area (Å²) in [6, 6.07) is 16.5. The molecule has 26 heavy (non-hydrogen) atoms. The molecule has 0 saturated heterocycles. The number of alkyl carbamates (subject to hydrolysis) is 1. The minimum atomic E-state index is -1.20. The summed E-state index contributed by atoms with van der Waals surface area (Å²) in [5.41, 5.74) is 1.06. The fraction of sp³-hybridized carbons (Fsp3) is 0.250. The number of carboxylic acid groups (broad SMARTS) is 1. The lowest BCUT2D eigenvalue weighted by atomic mass is 9.77. The van der Waals surface area contributed by atoms with Crippen LogP contribution < -0.4 is 5.32 Å². The van der Waals surface area contributed by atoms with Crippen molar-refractivity contribution in [3.05, 3.63) is 71.3 Å². The number of amides is 1. The van der Waals surface area contributed by atoms with E-state index in [9.17, 15) is 14.7 Å². The molecule has 0 aliphatic carbocycles. The number of nitrogens with zero attached hydrogens (tertiary/aromatic N) is 1. The molecule has 1 amide bonds. The zero-order valence-electron chi connectivity index (χ0n) is 14.6. The Kier molecular flexibility index (Phi) is 5.97. The molecular weight excluding hydrogens is 332 g/mol. The number of carbonyl (C=O) groups excluding carboxylic acids is 1. The molecule has 2 rings (SSSR count). The molecule has 2 aromatic rings. The van der Waals surface area contributed by atoms with Gasteiger partial charge in [0.05, 0.1) is 11.6 Å². The second kappa shape index (κ2) is 8.17. The van der Waals surface area contributed by atoms with E-state index in [0.717, 1.165) is 5.56 Å². The van der Waals surface area contributed by atoms with Gasteiger partial charge < -0.3 is 15.2 Å². The molecule has 0 heterocycles. The number of nitrogens with one attached hydrogen (secondary N) is 1. The fourth-order valence-corrected chi connectivity index (χ4v) is 2.57. The third kappa shape index (κ3) is 4.61. The predicted molar refractivity (Wildman–Crippen MR) is 95.4 cm³/mol. The van der Waals surface area contributed by atoms with Crippen LogP contribution in [-0.2, 0) is 21.6 Å². The standard InChI is InChI=1S/C20H20N2O4/c1-20(2,16-10-8-14(12-21)9-11-16)17(18(23)24)22-19(25)26-13-15-6-4-3-5-7-15/h3-11,17H,13H2,1-2H3,(H,22,25)(H,23,24). The van der Waals surface area contributed by atoms with Crippen LogP contribution in [0.5, 0.6) is 0 Å². The lowest BCUT2D eigenvalue weighted by molar-refractivity contribution is -0.141. The van der Waals surface area contributed by atoms with Crippen LogP contribution in [0.4, 0.5) is 4.79 Å². The van der Waals surface area contributed by atoms with Crippen molar-refractivity contribution in [2.24, 2.45) is 0 Å². The number of hydrogen-bond donors (Lipinski definition) is 2. The Morgan fingerprint density at radius 3 is 2.31 bits per heavy atom. The SMILES string of the molecule is CC(C)(c1ccc(C#N)cc1)C(NC(=O)OCc1ccccc1)C(=O)O. The van der Waals surface area contributed by atoms with Crippen LogP contribution in [0.3, 0.4) is 0 Å². The van der Waals surface area contributed by atoms with Crippen LogP contribution in [0.2, 0.25) is 0 Å². The van der Waals surface area contributed by atoms with Crippen molar-refractivity contribution in [2.45, 2.75) is 31.9 Å². The van der Waals surface area contributed by atoms with Crippen LogP contribution >= 0.6 is 0 Å². The first-order valence-electron chi connectivity index (χ1n) is 8.05. The van der Waals surface area contributed by atoms with Crippen molar-refractivity contribution in [1.82, 2.24) is 5.32 Å². The summed E-state index contributed by atoms with van der Waals surface area (Å²) in [6.07, 6.45) is -0.803. The first kappa shape index (κ1) is 19.0. The van der Waals surface area contributed by atoms with Gasteiger partial charge in [0, 0.05) is 5.41 Å². The highest BCUT2D eigenvalue weighted by Crippen LogP contribution is 2.28. The molecule has 1 atom stereocenters. The van der Waals surface area contributed by atoms with Crippen molar-refractivity contribution >= 4 is 12.1 Å². The van der Waals surface area contributed by atoms with Gasteiger partial charge in [-0.2, -0.15) is 5.26 Å². The summed E-state index contributed by atoms with van der Waals surface area (Å²) in [5.74, 6) is -1.17. The van der Waals surface area contributed by atoms with Crippen LogP contribution in [0.1, 0.15) is 30.5 Å². The summed E-state index contributed by atoms with van der Waals surface area (Å²) < 4.78 is 5.12. The molecule has 6 heteroatoms. The van der Waals surface area contributed by atoms with Crippen molar-refractivity contribution in [3.8, 4) is 6.07 Å².